The van der Waals surface area contributed by atoms with Gasteiger partial charge in [0.1, 0.15) is 12.9 Å². The molecule has 6 nitrogen and oxygen atoms in total. The van der Waals surface area contributed by atoms with Crippen molar-refractivity contribution in [1.29, 1.82) is 0 Å². The van der Waals surface area contributed by atoms with Gasteiger partial charge in [-0.25, -0.2) is 9.97 Å². The second-order valence-electron chi connectivity index (χ2n) is 7.79. The molecule has 3 heterocycles. The topological polar surface area (TPSA) is 64.6 Å². The molecular formula is C24H22ClN3O3. The highest BCUT2D eigenvalue weighted by Gasteiger charge is 2.34. The number of carbonyl (C=O) groups is 1. The van der Waals surface area contributed by atoms with Gasteiger partial charge in [0.15, 0.2) is 11.5 Å². The van der Waals surface area contributed by atoms with Crippen molar-refractivity contribution in [1.82, 2.24) is 14.9 Å². The van der Waals surface area contributed by atoms with Gasteiger partial charge < -0.3 is 14.4 Å². The van der Waals surface area contributed by atoms with Gasteiger partial charge in [-0.1, -0.05) is 41.9 Å². The number of aromatic nitrogens is 2. The standard InChI is InChI=1S/C24H22ClN3O3/c25-19-8-2-1-7-17(19)18-12-26-15-27-23(18)16-6-5-11-28(13-16)24(29)22-14-30-20-9-3-4-10-21(20)31-22/h1-4,7-10,12,15-16,22H,5-6,11,13-14H2. The molecule has 2 aliphatic heterocycles. The van der Waals surface area contributed by atoms with Crippen molar-refractivity contribution in [2.24, 2.45) is 0 Å². The molecule has 1 aromatic heterocycles. The first-order valence-corrected chi connectivity index (χ1v) is 10.8. The van der Waals surface area contributed by atoms with Crippen molar-refractivity contribution in [2.45, 2.75) is 24.9 Å². The summed E-state index contributed by atoms with van der Waals surface area (Å²) in [6.07, 6.45) is 4.57. The number of likely N-dealkylation sites (tertiary alicyclic amines) is 1. The zero-order valence-corrected chi connectivity index (χ0v) is 17.7. The quantitative estimate of drug-likeness (QED) is 0.612. The highest BCUT2D eigenvalue weighted by atomic mass is 35.5. The molecule has 7 heteroatoms. The lowest BCUT2D eigenvalue weighted by atomic mass is 9.89. The summed E-state index contributed by atoms with van der Waals surface area (Å²) in [5.41, 5.74) is 2.74. The van der Waals surface area contributed by atoms with Crippen LogP contribution in [0.25, 0.3) is 11.1 Å². The maximum atomic E-state index is 13.2. The van der Waals surface area contributed by atoms with E-state index in [0.717, 1.165) is 29.7 Å². The molecule has 0 aliphatic carbocycles. The van der Waals surface area contributed by atoms with Gasteiger partial charge in [-0.05, 0) is 31.0 Å². The summed E-state index contributed by atoms with van der Waals surface area (Å²) in [6.45, 7) is 1.49. The van der Waals surface area contributed by atoms with Crippen LogP contribution in [0.1, 0.15) is 24.5 Å². The van der Waals surface area contributed by atoms with Crippen LogP contribution in [0, 0.1) is 0 Å². The van der Waals surface area contributed by atoms with Crippen LogP contribution in [-0.4, -0.2) is 46.6 Å². The summed E-state index contributed by atoms with van der Waals surface area (Å²) in [5, 5.41) is 0.661. The number of nitrogens with zero attached hydrogens (tertiary/aromatic N) is 3. The maximum absolute atomic E-state index is 13.2. The Balaban J connectivity index is 1.36. The smallest absolute Gasteiger partial charge is 0.267 e. The Morgan fingerprint density at radius 2 is 1.87 bits per heavy atom. The summed E-state index contributed by atoms with van der Waals surface area (Å²) >= 11 is 6.44. The summed E-state index contributed by atoms with van der Waals surface area (Å²) in [6, 6.07) is 15.1. The molecule has 1 fully saturated rings. The van der Waals surface area contributed by atoms with Gasteiger partial charge in [-0.3, -0.25) is 4.79 Å². The number of halogens is 1. The van der Waals surface area contributed by atoms with E-state index < -0.39 is 6.10 Å². The molecule has 2 aliphatic rings. The molecule has 5 rings (SSSR count). The van der Waals surface area contributed by atoms with Crippen LogP contribution in [0.5, 0.6) is 11.5 Å². The van der Waals surface area contributed by atoms with E-state index in [1.54, 1.807) is 12.5 Å². The molecule has 1 amide bonds. The third-order valence-electron chi connectivity index (χ3n) is 5.81. The number of fused-ring (bicyclic) bond motifs is 1. The molecule has 0 bridgehead atoms. The zero-order valence-electron chi connectivity index (χ0n) is 16.9. The average molecular weight is 436 g/mol. The summed E-state index contributed by atoms with van der Waals surface area (Å²) in [7, 11) is 0. The first-order valence-electron chi connectivity index (χ1n) is 10.4. The molecule has 3 aromatic rings. The number of carbonyl (C=O) groups excluding carboxylic acids is 1. The van der Waals surface area contributed by atoms with E-state index in [9.17, 15) is 4.79 Å². The lowest BCUT2D eigenvalue weighted by molar-refractivity contribution is -0.142. The number of ether oxygens (including phenoxy) is 2. The molecule has 1 saturated heterocycles. The Bertz CT molecular complexity index is 1110. The van der Waals surface area contributed by atoms with E-state index in [1.807, 2.05) is 53.4 Å². The van der Waals surface area contributed by atoms with Gasteiger partial charge in [-0.15, -0.1) is 0 Å². The normalized spacial score (nSPS) is 20.4. The van der Waals surface area contributed by atoms with Gasteiger partial charge in [-0.2, -0.15) is 0 Å². The van der Waals surface area contributed by atoms with Crippen LogP contribution in [0.15, 0.2) is 61.1 Å². The fraction of sp³-hybridized carbons (Fsp3) is 0.292. The molecule has 0 radical (unpaired) electrons. The van der Waals surface area contributed by atoms with Crippen molar-refractivity contribution in [3.8, 4) is 22.6 Å². The number of para-hydroxylation sites is 2. The van der Waals surface area contributed by atoms with Gasteiger partial charge in [0.2, 0.25) is 6.10 Å². The minimum absolute atomic E-state index is 0.0486. The van der Waals surface area contributed by atoms with Crippen LogP contribution < -0.4 is 9.47 Å². The maximum Gasteiger partial charge on any atom is 0.267 e. The summed E-state index contributed by atoms with van der Waals surface area (Å²) in [4.78, 5) is 23.9. The van der Waals surface area contributed by atoms with Gasteiger partial charge >= 0.3 is 0 Å². The Hall–Kier alpha value is -3.12. The van der Waals surface area contributed by atoms with Crippen molar-refractivity contribution >= 4 is 17.5 Å². The number of hydrogen-bond donors (Lipinski definition) is 0. The minimum Gasteiger partial charge on any atom is -0.485 e. The van der Waals surface area contributed by atoms with Gasteiger partial charge in [0.05, 0.1) is 5.69 Å². The number of piperidine rings is 1. The molecule has 2 unspecified atom stereocenters. The number of amides is 1. The average Bonchev–Trinajstić information content (AvgIpc) is 2.84. The van der Waals surface area contributed by atoms with Crippen LogP contribution in [0.3, 0.4) is 0 Å². The Labute approximate surface area is 185 Å². The largest absolute Gasteiger partial charge is 0.485 e. The third-order valence-corrected chi connectivity index (χ3v) is 6.14. The van der Waals surface area contributed by atoms with Crippen molar-refractivity contribution < 1.29 is 14.3 Å². The van der Waals surface area contributed by atoms with Crippen molar-refractivity contribution in [3.05, 3.63) is 71.8 Å². The SMILES string of the molecule is O=C(C1COc2ccccc2O1)N1CCCC(c2ncncc2-c2ccccc2Cl)C1. The van der Waals surface area contributed by atoms with Crippen LogP contribution >= 0.6 is 11.6 Å². The monoisotopic (exact) mass is 435 g/mol. The number of benzene rings is 2. The van der Waals surface area contributed by atoms with Crippen molar-refractivity contribution in [2.75, 3.05) is 19.7 Å². The van der Waals surface area contributed by atoms with Crippen LogP contribution in [-0.2, 0) is 4.79 Å². The molecule has 31 heavy (non-hydrogen) atoms. The Morgan fingerprint density at radius 3 is 2.74 bits per heavy atom. The Morgan fingerprint density at radius 1 is 1.06 bits per heavy atom. The zero-order chi connectivity index (χ0) is 21.2. The highest BCUT2D eigenvalue weighted by molar-refractivity contribution is 6.33. The Kier molecular flexibility index (Phi) is 5.47. The van der Waals surface area contributed by atoms with Crippen molar-refractivity contribution in [3.63, 3.8) is 0 Å². The van der Waals surface area contributed by atoms with Crippen LogP contribution in [0.4, 0.5) is 0 Å². The molecule has 158 valence electrons. The number of rotatable bonds is 3. The molecular weight excluding hydrogens is 414 g/mol. The predicted octanol–water partition coefficient (Wildman–Crippen LogP) is 4.34. The molecule has 2 aromatic carbocycles. The number of hydrogen-bond acceptors (Lipinski definition) is 5. The lowest BCUT2D eigenvalue weighted by Gasteiger charge is -2.36. The summed E-state index contributed by atoms with van der Waals surface area (Å²) in [5.74, 6) is 1.34. The fourth-order valence-electron chi connectivity index (χ4n) is 4.30. The van der Waals surface area contributed by atoms with E-state index in [-0.39, 0.29) is 18.4 Å². The molecule has 0 saturated carbocycles. The fourth-order valence-corrected chi connectivity index (χ4v) is 4.53. The van der Waals surface area contributed by atoms with E-state index in [0.29, 0.717) is 29.6 Å². The van der Waals surface area contributed by atoms with Gasteiger partial charge in [0.25, 0.3) is 5.91 Å². The first-order chi connectivity index (χ1) is 15.2. The van der Waals surface area contributed by atoms with Gasteiger partial charge in [0, 0.05) is 41.4 Å². The predicted molar refractivity (Wildman–Crippen MR) is 117 cm³/mol. The lowest BCUT2D eigenvalue weighted by Crippen LogP contribution is -2.49. The second-order valence-corrected chi connectivity index (χ2v) is 8.20. The van der Waals surface area contributed by atoms with E-state index in [1.165, 1.54) is 0 Å². The van der Waals surface area contributed by atoms with E-state index in [2.05, 4.69) is 9.97 Å². The summed E-state index contributed by atoms with van der Waals surface area (Å²) < 4.78 is 11.7. The minimum atomic E-state index is -0.637. The molecule has 0 N–H and O–H groups in total. The highest BCUT2D eigenvalue weighted by Crippen LogP contribution is 2.36. The first kappa shape index (κ1) is 19.8. The van der Waals surface area contributed by atoms with E-state index in [4.69, 9.17) is 21.1 Å². The second kappa shape index (κ2) is 8.55. The molecule has 2 atom stereocenters. The third kappa shape index (κ3) is 3.95. The van der Waals surface area contributed by atoms with Crippen LogP contribution in [0.2, 0.25) is 5.02 Å². The van der Waals surface area contributed by atoms with E-state index >= 15 is 0 Å². The molecule has 0 spiro atoms.